The van der Waals surface area contributed by atoms with E-state index in [1.807, 2.05) is 0 Å². The molecule has 0 spiro atoms. The van der Waals surface area contributed by atoms with Crippen LogP contribution in [0.4, 0.5) is 26.3 Å². The van der Waals surface area contributed by atoms with Crippen molar-refractivity contribution in [1.82, 2.24) is 0 Å². The Kier molecular flexibility index (Phi) is 2.58. The van der Waals surface area contributed by atoms with Gasteiger partial charge in [0.2, 0.25) is 6.17 Å². The summed E-state index contributed by atoms with van der Waals surface area (Å²) in [4.78, 5) is 0. The van der Waals surface area contributed by atoms with Crippen LogP contribution < -0.4 is 0 Å². The third-order valence-corrected chi connectivity index (χ3v) is 1.76. The Morgan fingerprint density at radius 2 is 1.46 bits per heavy atom. The summed E-state index contributed by atoms with van der Waals surface area (Å²) in [5.74, 6) is -4.15. The molecule has 0 heterocycles. The van der Waals surface area contributed by atoms with Gasteiger partial charge in [-0.25, -0.2) is 17.6 Å². The van der Waals surface area contributed by atoms with E-state index >= 15 is 0 Å². The fourth-order valence-corrected chi connectivity index (χ4v) is 0.968. The molecule has 76 valence electrons. The molecule has 0 N–H and O–H groups in total. The summed E-state index contributed by atoms with van der Waals surface area (Å²) in [5.41, 5.74) is 0. The molecule has 0 nitrogen and oxygen atoms in total. The molecule has 0 aromatic rings. The van der Waals surface area contributed by atoms with Crippen LogP contribution in [0, 0.1) is 0 Å². The van der Waals surface area contributed by atoms with Gasteiger partial charge in [0.1, 0.15) is 0 Å². The van der Waals surface area contributed by atoms with Gasteiger partial charge in [-0.15, -0.1) is 0 Å². The smallest absolute Gasteiger partial charge is 0.241 e. The Bertz CT molecular complexity index is 213. The van der Waals surface area contributed by atoms with Gasteiger partial charge in [0, 0.05) is 0 Å². The fourth-order valence-electron chi connectivity index (χ4n) is 0.968. The molecule has 0 aromatic heterocycles. The number of alkyl halides is 6. The molecule has 0 saturated heterocycles. The lowest BCUT2D eigenvalue weighted by molar-refractivity contribution is -0.0769. The van der Waals surface area contributed by atoms with E-state index in [9.17, 15) is 26.3 Å². The molecule has 0 aromatic carbocycles. The summed E-state index contributed by atoms with van der Waals surface area (Å²) in [6, 6.07) is 0. The Balaban J connectivity index is 2.94. The van der Waals surface area contributed by atoms with Crippen LogP contribution in [0.5, 0.6) is 0 Å². The highest BCUT2D eigenvalue weighted by Crippen LogP contribution is 2.34. The summed E-state index contributed by atoms with van der Waals surface area (Å²) >= 11 is 0. The standard InChI is InChI=1S/C7H6F6/c8-3-1-2-7(12,13)6(11)5(10)4(3)9/h1-6H. The molecule has 13 heavy (non-hydrogen) atoms. The van der Waals surface area contributed by atoms with Gasteiger partial charge in [-0.1, -0.05) is 0 Å². The molecule has 0 fully saturated rings. The van der Waals surface area contributed by atoms with Gasteiger partial charge < -0.3 is 0 Å². The third kappa shape index (κ3) is 1.81. The summed E-state index contributed by atoms with van der Waals surface area (Å²) in [5, 5.41) is 0. The minimum absolute atomic E-state index is 0.136. The summed E-state index contributed by atoms with van der Waals surface area (Å²) < 4.78 is 74.6. The van der Waals surface area contributed by atoms with Gasteiger partial charge >= 0.3 is 0 Å². The van der Waals surface area contributed by atoms with E-state index < -0.39 is 30.6 Å². The average molecular weight is 204 g/mol. The SMILES string of the molecule is FC1C=CC(F)(F)C(F)C(F)C1F. The first-order valence-corrected chi connectivity index (χ1v) is 3.49. The van der Waals surface area contributed by atoms with Crippen molar-refractivity contribution in [1.29, 1.82) is 0 Å². The number of hydrogen-bond donors (Lipinski definition) is 0. The van der Waals surface area contributed by atoms with Crippen LogP contribution in [0.1, 0.15) is 0 Å². The molecule has 4 unspecified atom stereocenters. The quantitative estimate of drug-likeness (QED) is 0.420. The maximum atomic E-state index is 12.5. The summed E-state index contributed by atoms with van der Waals surface area (Å²) in [7, 11) is 0. The molecule has 1 aliphatic rings. The zero-order valence-corrected chi connectivity index (χ0v) is 6.23. The molecule has 6 heteroatoms. The minimum Gasteiger partial charge on any atom is -0.241 e. The lowest BCUT2D eigenvalue weighted by Gasteiger charge is -2.19. The monoisotopic (exact) mass is 204 g/mol. The van der Waals surface area contributed by atoms with Crippen LogP contribution in [-0.4, -0.2) is 30.6 Å². The summed E-state index contributed by atoms with van der Waals surface area (Å²) in [6.07, 6.45) is -11.9. The van der Waals surface area contributed by atoms with Crippen LogP contribution in [0.2, 0.25) is 0 Å². The third-order valence-electron chi connectivity index (χ3n) is 1.76. The van der Waals surface area contributed by atoms with E-state index in [0.29, 0.717) is 0 Å². The second-order valence-electron chi connectivity index (χ2n) is 2.77. The molecular formula is C7H6F6. The van der Waals surface area contributed by atoms with Crippen molar-refractivity contribution in [2.45, 2.75) is 30.6 Å². The van der Waals surface area contributed by atoms with Crippen LogP contribution in [0.15, 0.2) is 12.2 Å². The predicted octanol–water partition coefficient (Wildman–Crippen LogP) is 2.54. The Morgan fingerprint density at radius 1 is 0.923 bits per heavy atom. The normalized spacial score (nSPS) is 44.5. The molecule has 0 bridgehead atoms. The minimum atomic E-state index is -4.15. The molecular weight excluding hydrogens is 198 g/mol. The van der Waals surface area contributed by atoms with E-state index in [0.717, 1.165) is 0 Å². The van der Waals surface area contributed by atoms with E-state index in [-0.39, 0.29) is 12.2 Å². The second-order valence-corrected chi connectivity index (χ2v) is 2.77. The maximum Gasteiger partial charge on any atom is 0.300 e. The molecule has 0 amide bonds. The van der Waals surface area contributed by atoms with Gasteiger partial charge in [0.05, 0.1) is 0 Å². The number of hydrogen-bond acceptors (Lipinski definition) is 0. The van der Waals surface area contributed by atoms with Gasteiger partial charge in [0.25, 0.3) is 5.92 Å². The van der Waals surface area contributed by atoms with Crippen molar-refractivity contribution in [3.05, 3.63) is 12.2 Å². The van der Waals surface area contributed by atoms with Gasteiger partial charge in [-0.05, 0) is 12.2 Å². The van der Waals surface area contributed by atoms with Crippen LogP contribution >= 0.6 is 0 Å². The second kappa shape index (κ2) is 3.23. The van der Waals surface area contributed by atoms with Gasteiger partial charge in [0.15, 0.2) is 18.5 Å². The summed E-state index contributed by atoms with van der Waals surface area (Å²) in [6.45, 7) is 0. The molecule has 0 radical (unpaired) electrons. The van der Waals surface area contributed by atoms with Crippen LogP contribution in [-0.2, 0) is 0 Å². The maximum absolute atomic E-state index is 12.5. The Hall–Kier alpha value is -0.680. The zero-order chi connectivity index (χ0) is 10.2. The zero-order valence-electron chi connectivity index (χ0n) is 6.23. The molecule has 1 aliphatic carbocycles. The molecule has 0 saturated carbocycles. The lowest BCUT2D eigenvalue weighted by atomic mass is 10.1. The number of halogens is 6. The number of rotatable bonds is 0. The predicted molar refractivity (Wildman–Crippen MR) is 33.7 cm³/mol. The van der Waals surface area contributed by atoms with Crippen molar-refractivity contribution in [3.63, 3.8) is 0 Å². The fraction of sp³-hybridized carbons (Fsp3) is 0.714. The highest BCUT2D eigenvalue weighted by molar-refractivity contribution is 5.11. The van der Waals surface area contributed by atoms with Crippen molar-refractivity contribution in [2.75, 3.05) is 0 Å². The van der Waals surface area contributed by atoms with Crippen molar-refractivity contribution in [3.8, 4) is 0 Å². The topological polar surface area (TPSA) is 0 Å². The van der Waals surface area contributed by atoms with Crippen molar-refractivity contribution >= 4 is 0 Å². The first kappa shape index (κ1) is 10.4. The van der Waals surface area contributed by atoms with Gasteiger partial charge in [-0.3, -0.25) is 0 Å². The highest BCUT2D eigenvalue weighted by atomic mass is 19.3. The lowest BCUT2D eigenvalue weighted by Crippen LogP contribution is -2.40. The average Bonchev–Trinajstić information content (AvgIpc) is 2.13. The Labute approximate surface area is 70.2 Å². The van der Waals surface area contributed by atoms with E-state index in [2.05, 4.69) is 0 Å². The first-order chi connectivity index (χ1) is 5.86. The van der Waals surface area contributed by atoms with Crippen LogP contribution in [0.3, 0.4) is 0 Å². The first-order valence-electron chi connectivity index (χ1n) is 3.49. The molecule has 0 aliphatic heterocycles. The van der Waals surface area contributed by atoms with E-state index in [1.165, 1.54) is 0 Å². The van der Waals surface area contributed by atoms with Crippen LogP contribution in [0.25, 0.3) is 0 Å². The van der Waals surface area contributed by atoms with E-state index in [4.69, 9.17) is 0 Å². The molecule has 1 rings (SSSR count). The molecule has 4 atom stereocenters. The highest BCUT2D eigenvalue weighted by Gasteiger charge is 2.50. The van der Waals surface area contributed by atoms with Crippen molar-refractivity contribution < 1.29 is 26.3 Å². The van der Waals surface area contributed by atoms with Gasteiger partial charge in [-0.2, -0.15) is 8.78 Å². The Morgan fingerprint density at radius 3 is 2.00 bits per heavy atom. The van der Waals surface area contributed by atoms with E-state index in [1.54, 1.807) is 0 Å². The number of allylic oxidation sites excluding steroid dienone is 2. The largest absolute Gasteiger partial charge is 0.300 e. The van der Waals surface area contributed by atoms with Crippen molar-refractivity contribution in [2.24, 2.45) is 0 Å².